The second kappa shape index (κ2) is 10.5. The van der Waals surface area contributed by atoms with Gasteiger partial charge in [0, 0.05) is 6.54 Å². The first kappa shape index (κ1) is 23.1. The highest BCUT2D eigenvalue weighted by molar-refractivity contribution is 5.92. The second-order valence-corrected chi connectivity index (χ2v) is 6.04. The van der Waals surface area contributed by atoms with Crippen LogP contribution in [0.3, 0.4) is 0 Å². The van der Waals surface area contributed by atoms with Crippen molar-refractivity contribution in [2.24, 2.45) is 0 Å². The SMILES string of the molecule is CCOc1ccc(C(=O)OCC(=O)NCc2ccccc2C(F)(F)F)cc1OCC. The Morgan fingerprint density at radius 3 is 2.30 bits per heavy atom. The number of hydrogen-bond acceptors (Lipinski definition) is 5. The lowest BCUT2D eigenvalue weighted by atomic mass is 10.1. The Morgan fingerprint density at radius 1 is 0.967 bits per heavy atom. The minimum absolute atomic E-state index is 0.0856. The van der Waals surface area contributed by atoms with E-state index in [4.69, 9.17) is 14.2 Å². The average molecular weight is 425 g/mol. The number of halogens is 3. The summed E-state index contributed by atoms with van der Waals surface area (Å²) in [6.07, 6.45) is -4.53. The van der Waals surface area contributed by atoms with E-state index in [0.29, 0.717) is 24.7 Å². The number of amides is 1. The van der Waals surface area contributed by atoms with Crippen molar-refractivity contribution in [2.75, 3.05) is 19.8 Å². The van der Waals surface area contributed by atoms with Crippen LogP contribution in [0.4, 0.5) is 13.2 Å². The molecule has 0 spiro atoms. The molecule has 0 radical (unpaired) electrons. The van der Waals surface area contributed by atoms with E-state index in [9.17, 15) is 22.8 Å². The summed E-state index contributed by atoms with van der Waals surface area (Å²) < 4.78 is 54.7. The van der Waals surface area contributed by atoms with Gasteiger partial charge in [0.25, 0.3) is 5.91 Å². The molecule has 0 heterocycles. The van der Waals surface area contributed by atoms with Gasteiger partial charge in [0.1, 0.15) is 0 Å². The van der Waals surface area contributed by atoms with E-state index in [2.05, 4.69) is 5.32 Å². The lowest BCUT2D eigenvalue weighted by Crippen LogP contribution is -2.29. The number of esters is 1. The number of rotatable bonds is 9. The smallest absolute Gasteiger partial charge is 0.416 e. The third-order valence-electron chi connectivity index (χ3n) is 3.91. The maximum absolute atomic E-state index is 13.0. The van der Waals surface area contributed by atoms with Gasteiger partial charge in [-0.3, -0.25) is 4.79 Å². The van der Waals surface area contributed by atoms with E-state index in [1.165, 1.54) is 30.3 Å². The molecule has 0 saturated heterocycles. The molecule has 1 amide bonds. The van der Waals surface area contributed by atoms with Crippen molar-refractivity contribution in [3.8, 4) is 11.5 Å². The highest BCUT2D eigenvalue weighted by atomic mass is 19.4. The van der Waals surface area contributed by atoms with Crippen molar-refractivity contribution in [3.63, 3.8) is 0 Å². The Hall–Kier alpha value is -3.23. The van der Waals surface area contributed by atoms with Gasteiger partial charge in [-0.2, -0.15) is 13.2 Å². The Bertz CT molecular complexity index is 883. The number of alkyl halides is 3. The van der Waals surface area contributed by atoms with Crippen molar-refractivity contribution < 1.29 is 37.0 Å². The lowest BCUT2D eigenvalue weighted by Gasteiger charge is -2.13. The Morgan fingerprint density at radius 2 is 1.63 bits per heavy atom. The van der Waals surface area contributed by atoms with Crippen molar-refractivity contribution in [1.29, 1.82) is 0 Å². The van der Waals surface area contributed by atoms with Gasteiger partial charge >= 0.3 is 12.1 Å². The van der Waals surface area contributed by atoms with E-state index < -0.39 is 30.2 Å². The molecular weight excluding hydrogens is 403 g/mol. The minimum Gasteiger partial charge on any atom is -0.490 e. The van der Waals surface area contributed by atoms with Gasteiger partial charge in [0.2, 0.25) is 0 Å². The molecule has 0 bridgehead atoms. The Kier molecular flexibility index (Phi) is 8.08. The first-order valence-electron chi connectivity index (χ1n) is 9.24. The molecule has 2 rings (SSSR count). The predicted molar refractivity (Wildman–Crippen MR) is 102 cm³/mol. The van der Waals surface area contributed by atoms with Crippen molar-refractivity contribution in [3.05, 3.63) is 59.2 Å². The van der Waals surface area contributed by atoms with Crippen molar-refractivity contribution in [2.45, 2.75) is 26.6 Å². The van der Waals surface area contributed by atoms with Crippen LogP contribution < -0.4 is 14.8 Å². The molecule has 0 aliphatic heterocycles. The monoisotopic (exact) mass is 425 g/mol. The molecule has 0 aliphatic carbocycles. The summed E-state index contributed by atoms with van der Waals surface area (Å²) in [5, 5.41) is 2.31. The molecule has 6 nitrogen and oxygen atoms in total. The van der Waals surface area contributed by atoms with Crippen LogP contribution in [-0.4, -0.2) is 31.7 Å². The molecule has 1 N–H and O–H groups in total. The maximum Gasteiger partial charge on any atom is 0.416 e. The number of hydrogen-bond donors (Lipinski definition) is 1. The number of carbonyl (C=O) groups is 2. The van der Waals surface area contributed by atoms with Gasteiger partial charge < -0.3 is 19.5 Å². The second-order valence-electron chi connectivity index (χ2n) is 6.04. The number of carbonyl (C=O) groups excluding carboxylic acids is 2. The van der Waals surface area contributed by atoms with E-state index in [-0.39, 0.29) is 17.7 Å². The van der Waals surface area contributed by atoms with Crippen LogP contribution >= 0.6 is 0 Å². The van der Waals surface area contributed by atoms with Crippen LogP contribution in [0.25, 0.3) is 0 Å². The summed E-state index contributed by atoms with van der Waals surface area (Å²) in [5.41, 5.74) is -0.769. The third-order valence-corrected chi connectivity index (χ3v) is 3.91. The molecule has 0 atom stereocenters. The summed E-state index contributed by atoms with van der Waals surface area (Å²) >= 11 is 0. The van der Waals surface area contributed by atoms with E-state index in [1.54, 1.807) is 13.0 Å². The standard InChI is InChI=1S/C21H22F3NO5/c1-3-28-17-10-9-14(11-18(17)29-4-2)20(27)30-13-19(26)25-12-15-7-5-6-8-16(15)21(22,23)24/h5-11H,3-4,12-13H2,1-2H3,(H,25,26). The molecule has 0 aromatic heterocycles. The zero-order chi connectivity index (χ0) is 22.1. The maximum atomic E-state index is 13.0. The van der Waals surface area contributed by atoms with Gasteiger partial charge in [0.05, 0.1) is 24.3 Å². The number of benzene rings is 2. The molecule has 162 valence electrons. The van der Waals surface area contributed by atoms with Crippen LogP contribution in [0.15, 0.2) is 42.5 Å². The van der Waals surface area contributed by atoms with Crippen molar-refractivity contribution in [1.82, 2.24) is 5.32 Å². The average Bonchev–Trinajstić information content (AvgIpc) is 2.71. The Labute approximate surface area is 171 Å². The summed E-state index contributed by atoms with van der Waals surface area (Å²) in [7, 11) is 0. The van der Waals surface area contributed by atoms with Crippen LogP contribution in [0.5, 0.6) is 11.5 Å². The molecule has 2 aromatic rings. The normalized spacial score (nSPS) is 11.0. The molecule has 2 aromatic carbocycles. The van der Waals surface area contributed by atoms with Gasteiger partial charge in [-0.25, -0.2) is 4.79 Å². The van der Waals surface area contributed by atoms with Crippen LogP contribution in [0.1, 0.15) is 35.3 Å². The van der Waals surface area contributed by atoms with Crippen LogP contribution in [0, 0.1) is 0 Å². The minimum atomic E-state index is -4.53. The highest BCUT2D eigenvalue weighted by Gasteiger charge is 2.32. The van der Waals surface area contributed by atoms with Crippen LogP contribution in [-0.2, 0) is 22.3 Å². The van der Waals surface area contributed by atoms with Crippen LogP contribution in [0.2, 0.25) is 0 Å². The fourth-order valence-electron chi connectivity index (χ4n) is 2.59. The highest BCUT2D eigenvalue weighted by Crippen LogP contribution is 2.32. The summed E-state index contributed by atoms with van der Waals surface area (Å²) in [6.45, 7) is 3.39. The zero-order valence-corrected chi connectivity index (χ0v) is 16.5. The molecule has 0 fully saturated rings. The van der Waals surface area contributed by atoms with Gasteiger partial charge in [-0.1, -0.05) is 18.2 Å². The number of nitrogens with one attached hydrogen (secondary N) is 1. The van der Waals surface area contributed by atoms with Gasteiger partial charge in [0.15, 0.2) is 18.1 Å². The zero-order valence-electron chi connectivity index (χ0n) is 16.5. The van der Waals surface area contributed by atoms with E-state index in [1.807, 2.05) is 6.92 Å². The molecule has 0 saturated carbocycles. The fourth-order valence-corrected chi connectivity index (χ4v) is 2.59. The van der Waals surface area contributed by atoms with E-state index in [0.717, 1.165) is 6.07 Å². The Balaban J connectivity index is 1.94. The van der Waals surface area contributed by atoms with Crippen molar-refractivity contribution >= 4 is 11.9 Å². The largest absolute Gasteiger partial charge is 0.490 e. The summed E-state index contributed by atoms with van der Waals surface area (Å²) in [6, 6.07) is 9.37. The van der Waals surface area contributed by atoms with E-state index >= 15 is 0 Å². The third kappa shape index (κ3) is 6.40. The first-order valence-corrected chi connectivity index (χ1v) is 9.24. The topological polar surface area (TPSA) is 73.9 Å². The lowest BCUT2D eigenvalue weighted by molar-refractivity contribution is -0.138. The van der Waals surface area contributed by atoms with Gasteiger partial charge in [-0.15, -0.1) is 0 Å². The quantitative estimate of drug-likeness (QED) is 0.616. The summed E-state index contributed by atoms with van der Waals surface area (Å²) in [5.74, 6) is -0.667. The molecule has 30 heavy (non-hydrogen) atoms. The molecule has 0 aliphatic rings. The fraction of sp³-hybridized carbons (Fsp3) is 0.333. The molecular formula is C21H22F3NO5. The molecule has 9 heteroatoms. The first-order chi connectivity index (χ1) is 14.3. The summed E-state index contributed by atoms with van der Waals surface area (Å²) in [4.78, 5) is 24.1. The molecule has 0 unspecified atom stereocenters. The predicted octanol–water partition coefficient (Wildman–Crippen LogP) is 3.98. The number of ether oxygens (including phenoxy) is 3. The van der Waals surface area contributed by atoms with Gasteiger partial charge in [-0.05, 0) is 43.7 Å².